The number of nitrogens with zero attached hydrogens (tertiary/aromatic N) is 3. The molecule has 0 spiro atoms. The Morgan fingerprint density at radius 1 is 1.50 bits per heavy atom. The molecule has 4 nitrogen and oxygen atoms in total. The van der Waals surface area contributed by atoms with E-state index in [4.69, 9.17) is 10.5 Å². The minimum absolute atomic E-state index is 0.210. The Morgan fingerprint density at radius 3 is 2.36 bits per heavy atom. The summed E-state index contributed by atoms with van der Waals surface area (Å²) in [4.78, 5) is 13.1. The Hall–Kier alpha value is -1.55. The number of carbonyl (C=O) groups is 1. The molecule has 1 unspecified atom stereocenters. The highest BCUT2D eigenvalue weighted by molar-refractivity contribution is 5.84. The minimum atomic E-state index is -1.01. The van der Waals surface area contributed by atoms with E-state index < -0.39 is 5.41 Å². The van der Waals surface area contributed by atoms with Crippen LogP contribution in [-0.2, 0) is 4.79 Å². The van der Waals surface area contributed by atoms with Gasteiger partial charge in [-0.3, -0.25) is 4.79 Å². The predicted octanol–water partition coefficient (Wildman–Crippen LogP) is 1.15. The molecule has 0 saturated carbocycles. The van der Waals surface area contributed by atoms with Gasteiger partial charge in [0.05, 0.1) is 18.1 Å². The van der Waals surface area contributed by atoms with Gasteiger partial charge in [0.1, 0.15) is 5.41 Å². The molecule has 0 radical (unpaired) electrons. The SMILES string of the molecule is CC(C#N)CN(C)C(=O)C(C)(C)C#N. The normalized spacial score (nSPS) is 12.4. The van der Waals surface area contributed by atoms with Crippen LogP contribution in [0, 0.1) is 34.0 Å². The molecule has 0 aliphatic rings. The van der Waals surface area contributed by atoms with Gasteiger partial charge in [0.15, 0.2) is 0 Å². The van der Waals surface area contributed by atoms with Crippen molar-refractivity contribution in [2.45, 2.75) is 20.8 Å². The third-order valence-electron chi connectivity index (χ3n) is 1.93. The van der Waals surface area contributed by atoms with Crippen LogP contribution in [0.2, 0.25) is 0 Å². The molecule has 1 atom stereocenters. The summed E-state index contributed by atoms with van der Waals surface area (Å²) < 4.78 is 0. The summed E-state index contributed by atoms with van der Waals surface area (Å²) in [6.07, 6.45) is 0. The lowest BCUT2D eigenvalue weighted by Crippen LogP contribution is -2.39. The molecule has 0 saturated heterocycles. The minimum Gasteiger partial charge on any atom is -0.343 e. The van der Waals surface area contributed by atoms with Crippen LogP contribution in [0.1, 0.15) is 20.8 Å². The Bertz CT molecular complexity index is 295. The molecule has 0 aromatic heterocycles. The predicted molar refractivity (Wildman–Crippen MR) is 51.8 cm³/mol. The maximum absolute atomic E-state index is 11.6. The molecule has 1 amide bonds. The quantitative estimate of drug-likeness (QED) is 0.675. The molecule has 4 heteroatoms. The molecule has 76 valence electrons. The second kappa shape index (κ2) is 4.62. The average molecular weight is 193 g/mol. The number of hydrogen-bond acceptors (Lipinski definition) is 3. The molecule has 0 N–H and O–H groups in total. The fourth-order valence-corrected chi connectivity index (χ4v) is 1.06. The Kier molecular flexibility index (Phi) is 4.11. The van der Waals surface area contributed by atoms with Gasteiger partial charge in [-0.15, -0.1) is 0 Å². The van der Waals surface area contributed by atoms with E-state index in [1.165, 1.54) is 4.90 Å². The Labute approximate surface area is 84.7 Å². The Morgan fingerprint density at radius 2 is 2.00 bits per heavy atom. The van der Waals surface area contributed by atoms with E-state index >= 15 is 0 Å². The molecule has 14 heavy (non-hydrogen) atoms. The number of amides is 1. The fraction of sp³-hybridized carbons (Fsp3) is 0.700. The lowest BCUT2D eigenvalue weighted by Gasteiger charge is -2.24. The van der Waals surface area contributed by atoms with Crippen LogP contribution in [0.4, 0.5) is 0 Å². The van der Waals surface area contributed by atoms with Crippen LogP contribution >= 0.6 is 0 Å². The molecule has 0 fully saturated rings. The van der Waals surface area contributed by atoms with Crippen molar-refractivity contribution >= 4 is 5.91 Å². The van der Waals surface area contributed by atoms with Crippen molar-refractivity contribution in [2.24, 2.45) is 11.3 Å². The smallest absolute Gasteiger partial charge is 0.242 e. The first kappa shape index (κ1) is 12.4. The van der Waals surface area contributed by atoms with Gasteiger partial charge in [0, 0.05) is 13.6 Å². The van der Waals surface area contributed by atoms with E-state index in [2.05, 4.69) is 0 Å². The van der Waals surface area contributed by atoms with Crippen LogP contribution in [-0.4, -0.2) is 24.4 Å². The summed E-state index contributed by atoms with van der Waals surface area (Å²) in [5, 5.41) is 17.3. The van der Waals surface area contributed by atoms with Crippen LogP contribution in [0.25, 0.3) is 0 Å². The van der Waals surface area contributed by atoms with Gasteiger partial charge < -0.3 is 4.90 Å². The molecule has 0 rings (SSSR count). The van der Waals surface area contributed by atoms with Crippen molar-refractivity contribution in [3.8, 4) is 12.1 Å². The maximum Gasteiger partial charge on any atom is 0.242 e. The third kappa shape index (κ3) is 3.06. The summed E-state index contributed by atoms with van der Waals surface area (Å²) in [7, 11) is 1.61. The first-order chi connectivity index (χ1) is 6.35. The first-order valence-electron chi connectivity index (χ1n) is 4.41. The van der Waals surface area contributed by atoms with Gasteiger partial charge in [-0.05, 0) is 20.8 Å². The van der Waals surface area contributed by atoms with Crippen LogP contribution in [0.5, 0.6) is 0 Å². The van der Waals surface area contributed by atoms with E-state index in [1.54, 1.807) is 27.8 Å². The summed E-state index contributed by atoms with van der Waals surface area (Å²) in [5.74, 6) is -0.458. The van der Waals surface area contributed by atoms with Crippen LogP contribution < -0.4 is 0 Å². The zero-order chi connectivity index (χ0) is 11.4. The highest BCUT2D eigenvalue weighted by Crippen LogP contribution is 2.17. The molecule has 0 aliphatic heterocycles. The van der Waals surface area contributed by atoms with Crippen molar-refractivity contribution in [3.05, 3.63) is 0 Å². The van der Waals surface area contributed by atoms with Gasteiger partial charge in [-0.1, -0.05) is 0 Å². The van der Waals surface area contributed by atoms with E-state index in [1.807, 2.05) is 12.1 Å². The largest absolute Gasteiger partial charge is 0.343 e. The molecular formula is C10H15N3O. The van der Waals surface area contributed by atoms with E-state index in [-0.39, 0.29) is 11.8 Å². The summed E-state index contributed by atoms with van der Waals surface area (Å²) >= 11 is 0. The monoisotopic (exact) mass is 193 g/mol. The fourth-order valence-electron chi connectivity index (χ4n) is 1.06. The summed E-state index contributed by atoms with van der Waals surface area (Å²) in [6.45, 7) is 5.25. The average Bonchev–Trinajstić information content (AvgIpc) is 2.16. The van der Waals surface area contributed by atoms with Gasteiger partial charge >= 0.3 is 0 Å². The standard InChI is InChI=1S/C10H15N3O/c1-8(5-11)6-13(4)9(14)10(2,3)7-12/h8H,6H2,1-4H3. The zero-order valence-corrected chi connectivity index (χ0v) is 9.03. The van der Waals surface area contributed by atoms with Gasteiger partial charge in [0.25, 0.3) is 0 Å². The number of rotatable bonds is 3. The summed E-state index contributed by atoms with van der Waals surface area (Å²) in [6, 6.07) is 3.98. The van der Waals surface area contributed by atoms with Crippen molar-refractivity contribution < 1.29 is 4.79 Å². The van der Waals surface area contributed by atoms with E-state index in [0.717, 1.165) is 0 Å². The van der Waals surface area contributed by atoms with Crippen molar-refractivity contribution in [1.29, 1.82) is 10.5 Å². The number of nitriles is 2. The number of carbonyl (C=O) groups excluding carboxylic acids is 1. The van der Waals surface area contributed by atoms with Gasteiger partial charge in [-0.25, -0.2) is 0 Å². The molecule has 0 aromatic rings. The maximum atomic E-state index is 11.6. The third-order valence-corrected chi connectivity index (χ3v) is 1.93. The van der Waals surface area contributed by atoms with Gasteiger partial charge in [0.2, 0.25) is 5.91 Å². The second-order valence-electron chi connectivity index (χ2n) is 3.95. The van der Waals surface area contributed by atoms with E-state index in [9.17, 15) is 4.79 Å². The van der Waals surface area contributed by atoms with Crippen molar-refractivity contribution in [1.82, 2.24) is 4.90 Å². The molecule has 0 aliphatic carbocycles. The van der Waals surface area contributed by atoms with Crippen LogP contribution in [0.15, 0.2) is 0 Å². The zero-order valence-electron chi connectivity index (χ0n) is 9.03. The van der Waals surface area contributed by atoms with Crippen molar-refractivity contribution in [3.63, 3.8) is 0 Å². The number of hydrogen-bond donors (Lipinski definition) is 0. The van der Waals surface area contributed by atoms with Gasteiger partial charge in [-0.2, -0.15) is 10.5 Å². The Balaban J connectivity index is 4.44. The van der Waals surface area contributed by atoms with Crippen LogP contribution in [0.3, 0.4) is 0 Å². The lowest BCUT2D eigenvalue weighted by molar-refractivity contribution is -0.136. The molecular weight excluding hydrogens is 178 g/mol. The van der Waals surface area contributed by atoms with Crippen molar-refractivity contribution in [2.75, 3.05) is 13.6 Å². The second-order valence-corrected chi connectivity index (χ2v) is 3.95. The first-order valence-corrected chi connectivity index (χ1v) is 4.41. The molecule has 0 aromatic carbocycles. The summed E-state index contributed by atoms with van der Waals surface area (Å²) in [5.41, 5.74) is -1.01. The molecule has 0 heterocycles. The molecule has 0 bridgehead atoms. The van der Waals surface area contributed by atoms with E-state index in [0.29, 0.717) is 6.54 Å². The lowest BCUT2D eigenvalue weighted by atomic mass is 9.94. The highest BCUT2D eigenvalue weighted by atomic mass is 16.2. The topological polar surface area (TPSA) is 67.9 Å². The highest BCUT2D eigenvalue weighted by Gasteiger charge is 2.30.